The summed E-state index contributed by atoms with van der Waals surface area (Å²) in [6, 6.07) is 7.34. The van der Waals surface area contributed by atoms with Crippen molar-refractivity contribution >= 4 is 5.78 Å². The number of benzene rings is 1. The fourth-order valence-corrected chi connectivity index (χ4v) is 1.52. The summed E-state index contributed by atoms with van der Waals surface area (Å²) in [6.07, 6.45) is 2.28. The number of carbonyl (C=O) groups is 1. The molecular weight excluding hydrogens is 200 g/mol. The third-order valence-electron chi connectivity index (χ3n) is 2.90. The van der Waals surface area contributed by atoms with Gasteiger partial charge in [-0.3, -0.25) is 4.79 Å². The Bertz CT molecular complexity index is 323. The number of hydrogen-bond donors (Lipinski definition) is 0. The van der Waals surface area contributed by atoms with Crippen molar-refractivity contribution in [1.29, 1.82) is 0 Å². The van der Waals surface area contributed by atoms with E-state index in [-0.39, 0.29) is 5.78 Å². The zero-order chi connectivity index (χ0) is 12.0. The second-order valence-electron chi connectivity index (χ2n) is 4.07. The van der Waals surface area contributed by atoms with E-state index in [0.717, 1.165) is 30.8 Å². The molecule has 0 aliphatic rings. The molecule has 0 N–H and O–H groups in total. The number of ether oxygens (including phenoxy) is 1. The second-order valence-corrected chi connectivity index (χ2v) is 4.07. The third kappa shape index (κ3) is 3.69. The second kappa shape index (κ2) is 6.31. The van der Waals surface area contributed by atoms with E-state index in [4.69, 9.17) is 4.74 Å². The highest BCUT2D eigenvalue weighted by Crippen LogP contribution is 2.15. The molecular formula is C14H20O2. The summed E-state index contributed by atoms with van der Waals surface area (Å²) >= 11 is 0. The fraction of sp³-hybridized carbons (Fsp3) is 0.500. The van der Waals surface area contributed by atoms with Crippen LogP contribution in [-0.2, 0) is 0 Å². The van der Waals surface area contributed by atoms with Gasteiger partial charge >= 0.3 is 0 Å². The van der Waals surface area contributed by atoms with Crippen LogP contribution in [0.1, 0.15) is 44.0 Å². The first-order valence-corrected chi connectivity index (χ1v) is 5.91. The molecule has 0 aliphatic heterocycles. The fourth-order valence-electron chi connectivity index (χ4n) is 1.52. The average molecular weight is 220 g/mol. The molecule has 0 saturated heterocycles. The van der Waals surface area contributed by atoms with Crippen LogP contribution >= 0.6 is 0 Å². The molecule has 2 heteroatoms. The lowest BCUT2D eigenvalue weighted by Crippen LogP contribution is -2.10. The Morgan fingerprint density at radius 1 is 1.19 bits per heavy atom. The molecule has 16 heavy (non-hydrogen) atoms. The summed E-state index contributed by atoms with van der Waals surface area (Å²) in [4.78, 5) is 11.1. The summed E-state index contributed by atoms with van der Waals surface area (Å²) < 4.78 is 5.67. The molecule has 0 atom stereocenters. The monoisotopic (exact) mass is 220 g/mol. The molecule has 0 fully saturated rings. The zero-order valence-corrected chi connectivity index (χ0v) is 10.3. The first-order valence-electron chi connectivity index (χ1n) is 5.91. The van der Waals surface area contributed by atoms with Crippen molar-refractivity contribution in [2.24, 2.45) is 5.92 Å². The van der Waals surface area contributed by atoms with E-state index in [0.29, 0.717) is 5.92 Å². The van der Waals surface area contributed by atoms with Crippen LogP contribution in [0.2, 0.25) is 0 Å². The van der Waals surface area contributed by atoms with Gasteiger partial charge in [0, 0.05) is 5.56 Å². The van der Waals surface area contributed by atoms with Gasteiger partial charge in [-0.05, 0) is 37.1 Å². The minimum Gasteiger partial charge on any atom is -0.493 e. The predicted molar refractivity (Wildman–Crippen MR) is 66.0 cm³/mol. The number of rotatable bonds is 6. The van der Waals surface area contributed by atoms with E-state index < -0.39 is 0 Å². The maximum Gasteiger partial charge on any atom is 0.159 e. The van der Waals surface area contributed by atoms with Crippen LogP contribution in [-0.4, -0.2) is 12.4 Å². The lowest BCUT2D eigenvalue weighted by molar-refractivity contribution is 0.101. The van der Waals surface area contributed by atoms with Gasteiger partial charge in [-0.25, -0.2) is 0 Å². The highest BCUT2D eigenvalue weighted by atomic mass is 16.5. The van der Waals surface area contributed by atoms with E-state index in [2.05, 4.69) is 13.8 Å². The zero-order valence-electron chi connectivity index (χ0n) is 10.3. The van der Waals surface area contributed by atoms with Crippen LogP contribution in [0.3, 0.4) is 0 Å². The quantitative estimate of drug-likeness (QED) is 0.683. The molecule has 1 rings (SSSR count). The maximum atomic E-state index is 11.1. The molecule has 0 aromatic heterocycles. The van der Waals surface area contributed by atoms with Crippen molar-refractivity contribution in [1.82, 2.24) is 0 Å². The van der Waals surface area contributed by atoms with Gasteiger partial charge in [0.25, 0.3) is 0 Å². The van der Waals surface area contributed by atoms with Crippen molar-refractivity contribution in [3.8, 4) is 5.75 Å². The number of ketones is 1. The summed E-state index contributed by atoms with van der Waals surface area (Å²) in [5.41, 5.74) is 0.731. The Morgan fingerprint density at radius 2 is 1.75 bits per heavy atom. The Balaban J connectivity index is 2.52. The average Bonchev–Trinajstić information content (AvgIpc) is 2.31. The highest BCUT2D eigenvalue weighted by molar-refractivity contribution is 5.94. The number of carbonyl (C=O) groups excluding carboxylic acids is 1. The first-order chi connectivity index (χ1) is 7.67. The molecule has 0 heterocycles. The van der Waals surface area contributed by atoms with E-state index in [1.807, 2.05) is 24.3 Å². The first kappa shape index (κ1) is 12.8. The summed E-state index contributed by atoms with van der Waals surface area (Å²) in [6.45, 7) is 6.68. The minimum absolute atomic E-state index is 0.0894. The molecule has 1 aromatic rings. The molecule has 1 aromatic carbocycles. The van der Waals surface area contributed by atoms with Crippen molar-refractivity contribution in [2.75, 3.05) is 6.61 Å². The molecule has 0 bridgehead atoms. The Labute approximate surface area is 97.6 Å². The molecule has 0 amide bonds. The van der Waals surface area contributed by atoms with Crippen LogP contribution in [0, 0.1) is 5.92 Å². The van der Waals surface area contributed by atoms with E-state index >= 15 is 0 Å². The summed E-state index contributed by atoms with van der Waals surface area (Å²) in [7, 11) is 0. The van der Waals surface area contributed by atoms with Gasteiger partial charge in [0.1, 0.15) is 5.75 Å². The van der Waals surface area contributed by atoms with Gasteiger partial charge in [0.05, 0.1) is 6.61 Å². The molecule has 88 valence electrons. The maximum absolute atomic E-state index is 11.1. The molecule has 0 saturated carbocycles. The van der Waals surface area contributed by atoms with Crippen LogP contribution in [0.5, 0.6) is 5.75 Å². The van der Waals surface area contributed by atoms with Crippen molar-refractivity contribution in [2.45, 2.75) is 33.6 Å². The Morgan fingerprint density at radius 3 is 2.19 bits per heavy atom. The molecule has 0 aliphatic carbocycles. The van der Waals surface area contributed by atoms with Crippen molar-refractivity contribution in [3.63, 3.8) is 0 Å². The number of Topliss-reactive ketones (excluding diaryl/α,β-unsaturated/α-hetero) is 1. The van der Waals surface area contributed by atoms with Gasteiger partial charge in [-0.2, -0.15) is 0 Å². The number of hydrogen-bond acceptors (Lipinski definition) is 2. The van der Waals surface area contributed by atoms with Crippen LogP contribution < -0.4 is 4.74 Å². The topological polar surface area (TPSA) is 26.3 Å². The van der Waals surface area contributed by atoms with Gasteiger partial charge in [0.15, 0.2) is 5.78 Å². The minimum atomic E-state index is 0.0894. The van der Waals surface area contributed by atoms with Crippen molar-refractivity contribution < 1.29 is 9.53 Å². The van der Waals surface area contributed by atoms with E-state index in [1.54, 1.807) is 6.92 Å². The van der Waals surface area contributed by atoms with Crippen LogP contribution in [0.25, 0.3) is 0 Å². The van der Waals surface area contributed by atoms with Crippen molar-refractivity contribution in [3.05, 3.63) is 29.8 Å². The van der Waals surface area contributed by atoms with E-state index in [9.17, 15) is 4.79 Å². The van der Waals surface area contributed by atoms with Gasteiger partial charge in [-0.15, -0.1) is 0 Å². The van der Waals surface area contributed by atoms with Gasteiger partial charge < -0.3 is 4.74 Å². The Kier molecular flexibility index (Phi) is 5.03. The molecule has 0 radical (unpaired) electrons. The summed E-state index contributed by atoms with van der Waals surface area (Å²) in [5, 5.41) is 0. The standard InChI is InChI=1S/C14H20O2/c1-4-12(5-2)10-16-14-8-6-13(7-9-14)11(3)15/h6-9,12H,4-5,10H2,1-3H3. The predicted octanol–water partition coefficient (Wildman–Crippen LogP) is 3.70. The van der Waals surface area contributed by atoms with Crippen LogP contribution in [0.15, 0.2) is 24.3 Å². The highest BCUT2D eigenvalue weighted by Gasteiger charge is 2.04. The van der Waals surface area contributed by atoms with Gasteiger partial charge in [0.2, 0.25) is 0 Å². The van der Waals surface area contributed by atoms with Crippen LogP contribution in [0.4, 0.5) is 0 Å². The van der Waals surface area contributed by atoms with E-state index in [1.165, 1.54) is 0 Å². The Hall–Kier alpha value is -1.31. The molecule has 0 unspecified atom stereocenters. The smallest absolute Gasteiger partial charge is 0.159 e. The molecule has 0 spiro atoms. The normalized spacial score (nSPS) is 10.5. The summed E-state index contributed by atoms with van der Waals surface area (Å²) in [5.74, 6) is 1.55. The third-order valence-corrected chi connectivity index (χ3v) is 2.90. The SMILES string of the molecule is CCC(CC)COc1ccc(C(C)=O)cc1. The molecule has 2 nitrogen and oxygen atoms in total. The van der Waals surface area contributed by atoms with Gasteiger partial charge in [-0.1, -0.05) is 26.7 Å². The largest absolute Gasteiger partial charge is 0.493 e. The lowest BCUT2D eigenvalue weighted by Gasteiger charge is -2.13. The lowest BCUT2D eigenvalue weighted by atomic mass is 10.1.